The molecule has 66 valence electrons. The molecule has 13 heavy (non-hydrogen) atoms. The Labute approximate surface area is 84.9 Å². The van der Waals surface area contributed by atoms with Gasteiger partial charge in [-0.3, -0.25) is 4.57 Å². The Morgan fingerprint density at radius 2 is 2.08 bits per heavy atom. The molecule has 0 spiro atoms. The van der Waals surface area contributed by atoms with Crippen LogP contribution < -0.4 is 0 Å². The first-order valence-corrected chi connectivity index (χ1v) is 4.34. The molecule has 0 fully saturated rings. The monoisotopic (exact) mass is 213 g/mol. The van der Waals surface area contributed by atoms with E-state index in [-0.39, 0.29) is 0 Å². The van der Waals surface area contributed by atoms with Gasteiger partial charge in [-0.2, -0.15) is 0 Å². The van der Waals surface area contributed by atoms with Gasteiger partial charge in [-0.15, -0.1) is 10.2 Å². The van der Waals surface area contributed by atoms with Crippen LogP contribution in [0, 0.1) is 0 Å². The first-order valence-electron chi connectivity index (χ1n) is 3.59. The average Bonchev–Trinajstić information content (AvgIpc) is 2.51. The zero-order valence-corrected chi connectivity index (χ0v) is 8.00. The highest BCUT2D eigenvalue weighted by Gasteiger charge is 2.02. The molecule has 0 bridgehead atoms. The zero-order valence-electron chi connectivity index (χ0n) is 6.48. The molecule has 1 aromatic carbocycles. The maximum Gasteiger partial charge on any atom is 0.229 e. The van der Waals surface area contributed by atoms with Gasteiger partial charge in [0.05, 0.1) is 5.69 Å². The highest BCUT2D eigenvalue weighted by Crippen LogP contribution is 2.17. The van der Waals surface area contributed by atoms with Gasteiger partial charge in [0.2, 0.25) is 5.28 Å². The summed E-state index contributed by atoms with van der Waals surface area (Å²) in [4.78, 5) is 0. The molecule has 0 aliphatic rings. The van der Waals surface area contributed by atoms with Crippen LogP contribution in [0.25, 0.3) is 5.69 Å². The van der Waals surface area contributed by atoms with Crippen LogP contribution in [-0.4, -0.2) is 14.8 Å². The third-order valence-corrected chi connectivity index (χ3v) is 2.09. The summed E-state index contributed by atoms with van der Waals surface area (Å²) in [6.45, 7) is 0. The summed E-state index contributed by atoms with van der Waals surface area (Å²) < 4.78 is 1.65. The number of hydrogen-bond donors (Lipinski definition) is 0. The van der Waals surface area contributed by atoms with Crippen molar-refractivity contribution in [2.24, 2.45) is 0 Å². The second-order valence-corrected chi connectivity index (χ2v) is 3.22. The van der Waals surface area contributed by atoms with Crippen LogP contribution in [0.1, 0.15) is 0 Å². The second-order valence-electron chi connectivity index (χ2n) is 2.45. The summed E-state index contributed by atoms with van der Waals surface area (Å²) in [5.41, 5.74) is 0.850. The predicted molar refractivity (Wildman–Crippen MR) is 51.4 cm³/mol. The van der Waals surface area contributed by atoms with E-state index in [2.05, 4.69) is 10.2 Å². The van der Waals surface area contributed by atoms with E-state index in [1.54, 1.807) is 16.7 Å². The maximum absolute atomic E-state index is 5.82. The quantitative estimate of drug-likeness (QED) is 0.730. The van der Waals surface area contributed by atoms with E-state index in [0.717, 1.165) is 5.69 Å². The zero-order chi connectivity index (χ0) is 9.26. The van der Waals surface area contributed by atoms with Crippen LogP contribution in [0.2, 0.25) is 10.3 Å². The van der Waals surface area contributed by atoms with E-state index >= 15 is 0 Å². The topological polar surface area (TPSA) is 30.7 Å². The molecular weight excluding hydrogens is 209 g/mol. The maximum atomic E-state index is 5.82. The molecule has 0 aliphatic heterocycles. The summed E-state index contributed by atoms with van der Waals surface area (Å²) in [7, 11) is 0. The lowest BCUT2D eigenvalue weighted by atomic mass is 10.3. The minimum Gasteiger partial charge on any atom is -0.272 e. The van der Waals surface area contributed by atoms with Crippen molar-refractivity contribution in [3.8, 4) is 5.69 Å². The van der Waals surface area contributed by atoms with E-state index in [9.17, 15) is 0 Å². The summed E-state index contributed by atoms with van der Waals surface area (Å²) >= 11 is 11.6. The lowest BCUT2D eigenvalue weighted by molar-refractivity contribution is 1.06. The Morgan fingerprint density at radius 1 is 1.23 bits per heavy atom. The lowest BCUT2D eigenvalue weighted by Crippen LogP contribution is -1.91. The molecule has 0 atom stereocenters. The van der Waals surface area contributed by atoms with Crippen molar-refractivity contribution in [2.75, 3.05) is 0 Å². The summed E-state index contributed by atoms with van der Waals surface area (Å²) in [5.74, 6) is 0. The van der Waals surface area contributed by atoms with Crippen LogP contribution in [0.5, 0.6) is 0 Å². The van der Waals surface area contributed by atoms with Crippen LogP contribution >= 0.6 is 23.2 Å². The van der Waals surface area contributed by atoms with Gasteiger partial charge in [0, 0.05) is 5.02 Å². The number of halogens is 2. The summed E-state index contributed by atoms with van der Waals surface area (Å²) in [6, 6.07) is 7.30. The third-order valence-electron chi connectivity index (χ3n) is 1.59. The van der Waals surface area contributed by atoms with Gasteiger partial charge in [-0.05, 0) is 29.8 Å². The molecule has 0 radical (unpaired) electrons. The number of benzene rings is 1. The van der Waals surface area contributed by atoms with Crippen molar-refractivity contribution >= 4 is 23.2 Å². The van der Waals surface area contributed by atoms with E-state index in [0.29, 0.717) is 10.3 Å². The van der Waals surface area contributed by atoms with Crippen molar-refractivity contribution in [1.82, 2.24) is 14.8 Å². The van der Waals surface area contributed by atoms with Crippen LogP contribution in [0.4, 0.5) is 0 Å². The molecule has 0 amide bonds. The van der Waals surface area contributed by atoms with Gasteiger partial charge in [-0.25, -0.2) is 0 Å². The van der Waals surface area contributed by atoms with Crippen molar-refractivity contribution in [1.29, 1.82) is 0 Å². The SMILES string of the molecule is Clc1cccc(-n2cnnc2Cl)c1. The fourth-order valence-corrected chi connectivity index (χ4v) is 1.39. The first kappa shape index (κ1) is 8.53. The van der Waals surface area contributed by atoms with Crippen molar-refractivity contribution < 1.29 is 0 Å². The molecule has 1 heterocycles. The smallest absolute Gasteiger partial charge is 0.229 e. The highest BCUT2D eigenvalue weighted by molar-refractivity contribution is 6.31. The molecular formula is C8H5Cl2N3. The molecule has 3 nitrogen and oxygen atoms in total. The van der Waals surface area contributed by atoms with Crippen LogP contribution in [-0.2, 0) is 0 Å². The van der Waals surface area contributed by atoms with E-state index in [4.69, 9.17) is 23.2 Å². The summed E-state index contributed by atoms with van der Waals surface area (Å²) in [5, 5.41) is 8.30. The molecule has 2 aromatic rings. The molecule has 1 aromatic heterocycles. The largest absolute Gasteiger partial charge is 0.272 e. The fraction of sp³-hybridized carbons (Fsp3) is 0. The number of rotatable bonds is 1. The van der Waals surface area contributed by atoms with Gasteiger partial charge in [-0.1, -0.05) is 17.7 Å². The Morgan fingerprint density at radius 3 is 2.69 bits per heavy atom. The van der Waals surface area contributed by atoms with Gasteiger partial charge in [0.25, 0.3) is 0 Å². The first-order chi connectivity index (χ1) is 6.27. The van der Waals surface area contributed by atoms with Gasteiger partial charge >= 0.3 is 0 Å². The molecule has 0 N–H and O–H groups in total. The van der Waals surface area contributed by atoms with Crippen molar-refractivity contribution in [2.45, 2.75) is 0 Å². The number of nitrogens with zero attached hydrogens (tertiary/aromatic N) is 3. The second kappa shape index (κ2) is 3.36. The Kier molecular flexibility index (Phi) is 2.20. The van der Waals surface area contributed by atoms with E-state index in [1.807, 2.05) is 12.1 Å². The minimum absolute atomic E-state index is 0.322. The third kappa shape index (κ3) is 1.66. The predicted octanol–water partition coefficient (Wildman–Crippen LogP) is 2.57. The van der Waals surface area contributed by atoms with Gasteiger partial charge in [0.15, 0.2) is 0 Å². The molecule has 5 heteroatoms. The fourth-order valence-electron chi connectivity index (χ4n) is 1.02. The number of aromatic nitrogens is 3. The van der Waals surface area contributed by atoms with Crippen LogP contribution in [0.3, 0.4) is 0 Å². The van der Waals surface area contributed by atoms with Crippen LogP contribution in [0.15, 0.2) is 30.6 Å². The molecule has 0 unspecified atom stereocenters. The van der Waals surface area contributed by atoms with Gasteiger partial charge < -0.3 is 0 Å². The average molecular weight is 214 g/mol. The Balaban J connectivity index is 2.53. The Bertz CT molecular complexity index is 425. The highest BCUT2D eigenvalue weighted by atomic mass is 35.5. The normalized spacial score (nSPS) is 10.3. The van der Waals surface area contributed by atoms with E-state index in [1.165, 1.54) is 6.33 Å². The molecule has 2 rings (SSSR count). The molecule has 0 saturated carbocycles. The Hall–Kier alpha value is -1.06. The number of hydrogen-bond acceptors (Lipinski definition) is 2. The lowest BCUT2D eigenvalue weighted by Gasteiger charge is -2.01. The molecule has 0 aliphatic carbocycles. The standard InChI is InChI=1S/C8H5Cl2N3/c9-6-2-1-3-7(4-6)13-5-11-12-8(13)10/h1-5H. The molecule has 0 saturated heterocycles. The van der Waals surface area contributed by atoms with Crippen molar-refractivity contribution in [3.05, 3.63) is 40.9 Å². The van der Waals surface area contributed by atoms with Crippen molar-refractivity contribution in [3.63, 3.8) is 0 Å². The summed E-state index contributed by atoms with van der Waals surface area (Å²) in [6.07, 6.45) is 1.54. The minimum atomic E-state index is 0.322. The van der Waals surface area contributed by atoms with E-state index < -0.39 is 0 Å². The van der Waals surface area contributed by atoms with Gasteiger partial charge in [0.1, 0.15) is 6.33 Å².